The number of nitrogens with zero attached hydrogens (tertiary/aromatic N) is 3. The van der Waals surface area contributed by atoms with Crippen LogP contribution in [0.4, 0.5) is 5.69 Å². The first-order valence-electron chi connectivity index (χ1n) is 9.73. The Morgan fingerprint density at radius 1 is 1.21 bits per heavy atom. The number of ether oxygens (including phenoxy) is 1. The zero-order chi connectivity index (χ0) is 21.4. The first kappa shape index (κ1) is 22.0. The lowest BCUT2D eigenvalue weighted by molar-refractivity contribution is -0.143. The van der Waals surface area contributed by atoms with Gasteiger partial charge in [0.25, 0.3) is 5.91 Å². The standard InChI is InChI=1S/C23H27N3O3/c1-5-12-26-17(3)13-19(18(26)4)14-20(15-24)23(28)29-16-22(27)25(6-2)21-10-8-7-9-11-21/h7-11,13-14H,5-6,12,16H2,1-4H3/b20-14+. The summed E-state index contributed by atoms with van der Waals surface area (Å²) >= 11 is 0. The highest BCUT2D eigenvalue weighted by Crippen LogP contribution is 2.19. The number of para-hydroxylation sites is 1. The van der Waals surface area contributed by atoms with E-state index >= 15 is 0 Å². The third-order valence-corrected chi connectivity index (χ3v) is 4.71. The molecule has 0 aliphatic rings. The van der Waals surface area contributed by atoms with E-state index in [2.05, 4.69) is 11.5 Å². The maximum Gasteiger partial charge on any atom is 0.349 e. The quantitative estimate of drug-likeness (QED) is 0.386. The number of likely N-dealkylation sites (N-methyl/N-ethyl adjacent to an activating group) is 1. The van der Waals surface area contributed by atoms with Crippen LogP contribution in [-0.4, -0.2) is 29.6 Å². The third kappa shape index (κ3) is 5.35. The van der Waals surface area contributed by atoms with Crippen molar-refractivity contribution in [2.75, 3.05) is 18.1 Å². The number of carbonyl (C=O) groups is 2. The van der Waals surface area contributed by atoms with Gasteiger partial charge < -0.3 is 14.2 Å². The predicted molar refractivity (Wildman–Crippen MR) is 113 cm³/mol. The summed E-state index contributed by atoms with van der Waals surface area (Å²) in [6.45, 7) is 8.79. The summed E-state index contributed by atoms with van der Waals surface area (Å²) in [6, 6.07) is 13.0. The Hall–Kier alpha value is -3.33. The largest absolute Gasteiger partial charge is 0.451 e. The predicted octanol–water partition coefficient (Wildman–Crippen LogP) is 4.02. The van der Waals surface area contributed by atoms with Crippen LogP contribution in [-0.2, 0) is 20.9 Å². The Morgan fingerprint density at radius 2 is 1.90 bits per heavy atom. The molecule has 0 saturated heterocycles. The summed E-state index contributed by atoms with van der Waals surface area (Å²) in [7, 11) is 0. The van der Waals surface area contributed by atoms with Crippen molar-refractivity contribution in [3.63, 3.8) is 0 Å². The molecular formula is C23H27N3O3. The van der Waals surface area contributed by atoms with E-state index in [9.17, 15) is 14.9 Å². The molecule has 1 aromatic heterocycles. The van der Waals surface area contributed by atoms with Gasteiger partial charge in [-0.25, -0.2) is 4.79 Å². The first-order chi connectivity index (χ1) is 13.9. The number of nitriles is 1. The second-order valence-corrected chi connectivity index (χ2v) is 6.70. The normalized spacial score (nSPS) is 11.1. The number of aromatic nitrogens is 1. The van der Waals surface area contributed by atoms with Crippen LogP contribution in [0.15, 0.2) is 42.0 Å². The number of hydrogen-bond donors (Lipinski definition) is 0. The summed E-state index contributed by atoms with van der Waals surface area (Å²) in [4.78, 5) is 26.4. The monoisotopic (exact) mass is 393 g/mol. The lowest BCUT2D eigenvalue weighted by Crippen LogP contribution is -2.34. The Kier molecular flexibility index (Phi) is 7.79. The molecule has 0 bridgehead atoms. The van der Waals surface area contributed by atoms with Gasteiger partial charge in [-0.1, -0.05) is 25.1 Å². The summed E-state index contributed by atoms with van der Waals surface area (Å²) in [5.74, 6) is -1.14. The summed E-state index contributed by atoms with van der Waals surface area (Å²) in [5.41, 5.74) is 3.46. The number of benzene rings is 1. The van der Waals surface area contributed by atoms with Crippen molar-refractivity contribution in [2.24, 2.45) is 0 Å². The van der Waals surface area contributed by atoms with E-state index in [1.807, 2.05) is 63.2 Å². The highest BCUT2D eigenvalue weighted by atomic mass is 16.5. The van der Waals surface area contributed by atoms with Gasteiger partial charge in [0.1, 0.15) is 11.6 Å². The maximum atomic E-state index is 12.5. The molecule has 29 heavy (non-hydrogen) atoms. The Morgan fingerprint density at radius 3 is 2.48 bits per heavy atom. The molecule has 0 fully saturated rings. The fourth-order valence-electron chi connectivity index (χ4n) is 3.23. The fraction of sp³-hybridized carbons (Fsp3) is 0.348. The maximum absolute atomic E-state index is 12.5. The van der Waals surface area contributed by atoms with Crippen molar-refractivity contribution < 1.29 is 14.3 Å². The first-order valence-corrected chi connectivity index (χ1v) is 9.73. The van der Waals surface area contributed by atoms with Crippen molar-refractivity contribution >= 4 is 23.6 Å². The molecule has 0 aliphatic carbocycles. The van der Waals surface area contributed by atoms with Gasteiger partial charge in [-0.2, -0.15) is 5.26 Å². The number of anilines is 1. The van der Waals surface area contributed by atoms with Gasteiger partial charge in [-0.15, -0.1) is 0 Å². The average molecular weight is 393 g/mol. The molecule has 1 amide bonds. The number of aryl methyl sites for hydroxylation is 1. The van der Waals surface area contributed by atoms with Gasteiger partial charge in [0.2, 0.25) is 0 Å². The van der Waals surface area contributed by atoms with Gasteiger partial charge in [0.15, 0.2) is 6.61 Å². The van der Waals surface area contributed by atoms with Gasteiger partial charge in [-0.05, 0) is 57.0 Å². The number of hydrogen-bond acceptors (Lipinski definition) is 4. The van der Waals surface area contributed by atoms with E-state index in [0.717, 1.165) is 35.6 Å². The molecule has 0 aliphatic heterocycles. The van der Waals surface area contributed by atoms with Crippen molar-refractivity contribution in [3.05, 3.63) is 58.9 Å². The number of esters is 1. The van der Waals surface area contributed by atoms with Crippen LogP contribution in [0.25, 0.3) is 6.08 Å². The highest BCUT2D eigenvalue weighted by molar-refractivity contribution is 6.00. The van der Waals surface area contributed by atoms with E-state index in [-0.39, 0.29) is 11.5 Å². The molecular weight excluding hydrogens is 366 g/mol. The zero-order valence-corrected chi connectivity index (χ0v) is 17.4. The lowest BCUT2D eigenvalue weighted by Gasteiger charge is -2.20. The molecule has 152 valence electrons. The molecule has 0 unspecified atom stereocenters. The summed E-state index contributed by atoms with van der Waals surface area (Å²) in [6.07, 6.45) is 2.51. The number of amides is 1. The van der Waals surface area contributed by atoms with Crippen molar-refractivity contribution in [1.82, 2.24) is 4.57 Å². The van der Waals surface area contributed by atoms with Crippen LogP contribution in [0, 0.1) is 25.2 Å². The minimum atomic E-state index is -0.801. The molecule has 0 saturated carbocycles. The zero-order valence-electron chi connectivity index (χ0n) is 17.4. The Balaban J connectivity index is 2.10. The molecule has 0 radical (unpaired) electrons. The van der Waals surface area contributed by atoms with Crippen LogP contribution in [0.1, 0.15) is 37.2 Å². The molecule has 1 heterocycles. The third-order valence-electron chi connectivity index (χ3n) is 4.71. The van der Waals surface area contributed by atoms with Crippen LogP contribution in [0.3, 0.4) is 0 Å². The minimum Gasteiger partial charge on any atom is -0.451 e. The fourth-order valence-corrected chi connectivity index (χ4v) is 3.23. The van der Waals surface area contributed by atoms with Gasteiger partial charge in [0, 0.05) is 30.2 Å². The van der Waals surface area contributed by atoms with Crippen LogP contribution in [0.2, 0.25) is 0 Å². The van der Waals surface area contributed by atoms with Crippen molar-refractivity contribution in [1.29, 1.82) is 5.26 Å². The Labute approximate surface area is 172 Å². The van der Waals surface area contributed by atoms with Gasteiger partial charge in [0.05, 0.1) is 0 Å². The number of carbonyl (C=O) groups excluding carboxylic acids is 2. The molecule has 2 aromatic rings. The molecule has 6 nitrogen and oxygen atoms in total. The smallest absolute Gasteiger partial charge is 0.349 e. The highest BCUT2D eigenvalue weighted by Gasteiger charge is 2.19. The molecule has 0 N–H and O–H groups in total. The summed E-state index contributed by atoms with van der Waals surface area (Å²) < 4.78 is 7.28. The van der Waals surface area contributed by atoms with E-state index in [1.54, 1.807) is 0 Å². The Bertz CT molecular complexity index is 936. The average Bonchev–Trinajstić information content (AvgIpc) is 2.99. The summed E-state index contributed by atoms with van der Waals surface area (Å²) in [5, 5.41) is 9.41. The molecule has 2 rings (SSSR count). The van der Waals surface area contributed by atoms with Crippen molar-refractivity contribution in [3.8, 4) is 6.07 Å². The molecule has 6 heteroatoms. The van der Waals surface area contributed by atoms with E-state index < -0.39 is 12.6 Å². The van der Waals surface area contributed by atoms with E-state index in [0.29, 0.717) is 6.54 Å². The second kappa shape index (κ2) is 10.3. The SMILES string of the molecule is CCCn1c(C)cc(/C=C(\C#N)C(=O)OCC(=O)N(CC)c2ccccc2)c1C. The lowest BCUT2D eigenvalue weighted by atomic mass is 10.1. The molecule has 1 aromatic carbocycles. The van der Waals surface area contributed by atoms with Gasteiger partial charge >= 0.3 is 5.97 Å². The van der Waals surface area contributed by atoms with Crippen LogP contribution >= 0.6 is 0 Å². The van der Waals surface area contributed by atoms with Gasteiger partial charge in [-0.3, -0.25) is 4.79 Å². The van der Waals surface area contributed by atoms with Crippen molar-refractivity contribution in [2.45, 2.75) is 40.7 Å². The molecule has 0 atom stereocenters. The van der Waals surface area contributed by atoms with E-state index in [4.69, 9.17) is 4.74 Å². The minimum absolute atomic E-state index is 0.127. The van der Waals surface area contributed by atoms with Crippen LogP contribution < -0.4 is 4.90 Å². The van der Waals surface area contributed by atoms with E-state index in [1.165, 1.54) is 11.0 Å². The van der Waals surface area contributed by atoms with Crippen LogP contribution in [0.5, 0.6) is 0 Å². The second-order valence-electron chi connectivity index (χ2n) is 6.70. The number of rotatable bonds is 8. The topological polar surface area (TPSA) is 75.3 Å². The molecule has 0 spiro atoms.